The third-order valence-corrected chi connectivity index (χ3v) is 2.38. The summed E-state index contributed by atoms with van der Waals surface area (Å²) in [6, 6.07) is 0. The maximum atomic E-state index is 11.6. The number of hydrogen-bond acceptors (Lipinski definition) is 4. The molecule has 0 saturated carbocycles. The predicted molar refractivity (Wildman–Crippen MR) is 63.0 cm³/mol. The highest BCUT2D eigenvalue weighted by Crippen LogP contribution is 2.29. The summed E-state index contributed by atoms with van der Waals surface area (Å²) in [5, 5.41) is 0. The molecule has 0 aliphatic carbocycles. The molecule has 1 fully saturated rings. The molecule has 1 saturated heterocycles. The fraction of sp³-hybridized carbons (Fsp3) is 0.909. The molecule has 1 aliphatic heterocycles. The van der Waals surface area contributed by atoms with Crippen molar-refractivity contribution in [3.05, 3.63) is 0 Å². The molecule has 0 spiro atoms. The summed E-state index contributed by atoms with van der Waals surface area (Å²) in [5.74, 6) is 0.0666. The molecule has 0 aromatic heterocycles. The minimum atomic E-state index is -0.541. The van der Waals surface area contributed by atoms with E-state index in [-0.39, 0.29) is 12.1 Å². The van der Waals surface area contributed by atoms with E-state index in [2.05, 4.69) is 14.8 Å². The van der Waals surface area contributed by atoms with Crippen LogP contribution in [0.2, 0.25) is 5.82 Å². The molecule has 1 rings (SSSR count). The summed E-state index contributed by atoms with van der Waals surface area (Å²) in [7, 11) is 2.07. The van der Waals surface area contributed by atoms with E-state index in [1.807, 2.05) is 27.7 Å². The van der Waals surface area contributed by atoms with Crippen LogP contribution in [0.3, 0.4) is 0 Å². The zero-order valence-electron chi connectivity index (χ0n) is 10.9. The van der Waals surface area contributed by atoms with Gasteiger partial charge in [0.15, 0.2) is 6.29 Å². The normalized spacial score (nSPS) is 28.3. The first-order valence-electron chi connectivity index (χ1n) is 5.74. The topological polar surface area (TPSA) is 48.1 Å². The number of epoxide rings is 1. The summed E-state index contributed by atoms with van der Waals surface area (Å²) >= 11 is 0. The molecule has 1 aliphatic rings. The van der Waals surface area contributed by atoms with E-state index in [9.17, 15) is 4.79 Å². The van der Waals surface area contributed by atoms with E-state index in [1.54, 1.807) is 0 Å². The molecule has 0 radical (unpaired) electrons. The van der Waals surface area contributed by atoms with E-state index in [0.29, 0.717) is 5.82 Å². The zero-order chi connectivity index (χ0) is 12.5. The molecule has 1 heterocycles. The fourth-order valence-corrected chi connectivity index (χ4v) is 1.10. The first kappa shape index (κ1) is 13.5. The molecule has 0 bridgehead atoms. The lowest BCUT2D eigenvalue weighted by Crippen LogP contribution is -2.28. The van der Waals surface area contributed by atoms with Crippen LogP contribution < -0.4 is 0 Å². The lowest BCUT2D eigenvalue weighted by molar-refractivity contribution is -0.156. The van der Waals surface area contributed by atoms with Crippen LogP contribution in [0, 0.1) is 0 Å². The molecule has 4 atom stereocenters. The number of carbonyl (C=O) groups excluding carboxylic acids is 1. The van der Waals surface area contributed by atoms with Crippen LogP contribution in [0.15, 0.2) is 0 Å². The summed E-state index contributed by atoms with van der Waals surface area (Å²) in [6.45, 7) is 9.54. The van der Waals surface area contributed by atoms with Gasteiger partial charge in [0.25, 0.3) is 0 Å². The highest BCUT2D eigenvalue weighted by Gasteiger charge is 2.49. The Bertz CT molecular complexity index is 259. The van der Waals surface area contributed by atoms with Crippen molar-refractivity contribution in [3.8, 4) is 0 Å². The van der Waals surface area contributed by atoms with Crippen LogP contribution in [0.5, 0.6) is 0 Å². The predicted octanol–water partition coefficient (Wildman–Crippen LogP) is 0.900. The van der Waals surface area contributed by atoms with Gasteiger partial charge in [0.05, 0.1) is 6.10 Å². The van der Waals surface area contributed by atoms with Crippen molar-refractivity contribution >= 4 is 13.8 Å². The average molecular weight is 228 g/mol. The maximum Gasteiger partial charge on any atom is 0.341 e. The minimum Gasteiger partial charge on any atom is -0.458 e. The Morgan fingerprint density at radius 3 is 2.38 bits per heavy atom. The second-order valence-corrected chi connectivity index (χ2v) is 5.54. The average Bonchev–Trinajstić information content (AvgIpc) is 2.80. The second kappa shape index (κ2) is 4.76. The fourth-order valence-electron chi connectivity index (χ4n) is 1.10. The van der Waals surface area contributed by atoms with Gasteiger partial charge in [-0.15, -0.1) is 0 Å². The van der Waals surface area contributed by atoms with Crippen molar-refractivity contribution in [2.24, 2.45) is 0 Å². The Labute approximate surface area is 98.0 Å². The highest BCUT2D eigenvalue weighted by atomic mass is 16.8. The van der Waals surface area contributed by atoms with Crippen LogP contribution >= 0.6 is 0 Å². The van der Waals surface area contributed by atoms with Gasteiger partial charge < -0.3 is 14.2 Å². The number of carbonyl (C=O) groups is 1. The smallest absolute Gasteiger partial charge is 0.341 e. The molecule has 4 unspecified atom stereocenters. The van der Waals surface area contributed by atoms with Crippen LogP contribution in [-0.2, 0) is 19.0 Å². The van der Waals surface area contributed by atoms with Gasteiger partial charge in [-0.2, -0.15) is 0 Å². The molecule has 4 nitrogen and oxygen atoms in total. The van der Waals surface area contributed by atoms with E-state index in [0.717, 1.165) is 0 Å². The van der Waals surface area contributed by atoms with Gasteiger partial charge in [-0.25, -0.2) is 4.79 Å². The Hall–Kier alpha value is -0.545. The highest BCUT2D eigenvalue weighted by molar-refractivity contribution is 6.11. The first-order valence-corrected chi connectivity index (χ1v) is 5.74. The van der Waals surface area contributed by atoms with Crippen LogP contribution in [0.4, 0.5) is 0 Å². The minimum absolute atomic E-state index is 0.0810. The van der Waals surface area contributed by atoms with E-state index >= 15 is 0 Å². The summed E-state index contributed by atoms with van der Waals surface area (Å²) < 4.78 is 15.9. The summed E-state index contributed by atoms with van der Waals surface area (Å²) in [6.07, 6.45) is -0.884. The van der Waals surface area contributed by atoms with Gasteiger partial charge in [0.1, 0.15) is 13.4 Å². The Kier molecular flexibility index (Phi) is 4.02. The standard InChI is InChI=1S/C11H21BO4/c1-6(12)7(2)14-10-8(15-10)9(13)16-11(3,4)5/h6-8,10H,12H2,1-5H3. The van der Waals surface area contributed by atoms with Gasteiger partial charge >= 0.3 is 5.97 Å². The van der Waals surface area contributed by atoms with Crippen molar-refractivity contribution in [1.29, 1.82) is 0 Å². The van der Waals surface area contributed by atoms with Crippen molar-refractivity contribution in [2.45, 2.75) is 64.5 Å². The van der Waals surface area contributed by atoms with E-state index in [1.165, 1.54) is 0 Å². The molecular weight excluding hydrogens is 207 g/mol. The molecule has 16 heavy (non-hydrogen) atoms. The zero-order valence-corrected chi connectivity index (χ0v) is 10.9. The maximum absolute atomic E-state index is 11.6. The molecule has 5 heteroatoms. The van der Waals surface area contributed by atoms with Gasteiger partial charge in [-0.05, 0) is 33.5 Å². The Morgan fingerprint density at radius 2 is 1.94 bits per heavy atom. The second-order valence-electron chi connectivity index (χ2n) is 5.54. The first-order chi connectivity index (χ1) is 7.20. The number of esters is 1. The Morgan fingerprint density at radius 1 is 1.38 bits per heavy atom. The van der Waals surface area contributed by atoms with Gasteiger partial charge in [0, 0.05) is 0 Å². The number of hydrogen-bond donors (Lipinski definition) is 0. The van der Waals surface area contributed by atoms with Crippen LogP contribution in [0.25, 0.3) is 0 Å². The Balaban J connectivity index is 2.31. The van der Waals surface area contributed by atoms with Crippen molar-refractivity contribution in [2.75, 3.05) is 0 Å². The van der Waals surface area contributed by atoms with Crippen LogP contribution in [-0.4, -0.2) is 37.9 Å². The number of rotatable bonds is 4. The third-order valence-electron chi connectivity index (χ3n) is 2.38. The van der Waals surface area contributed by atoms with Crippen molar-refractivity contribution in [3.63, 3.8) is 0 Å². The molecular formula is C11H21BO4. The third kappa shape index (κ3) is 4.14. The molecule has 0 aromatic carbocycles. The number of ether oxygens (including phenoxy) is 3. The summed E-state index contributed by atoms with van der Waals surface area (Å²) in [4.78, 5) is 11.6. The van der Waals surface area contributed by atoms with E-state index < -0.39 is 18.0 Å². The van der Waals surface area contributed by atoms with Crippen LogP contribution in [0.1, 0.15) is 34.6 Å². The van der Waals surface area contributed by atoms with Crippen molar-refractivity contribution in [1.82, 2.24) is 0 Å². The quantitative estimate of drug-likeness (QED) is 0.407. The largest absolute Gasteiger partial charge is 0.458 e. The van der Waals surface area contributed by atoms with E-state index in [4.69, 9.17) is 14.2 Å². The molecule has 0 aromatic rings. The lowest BCUT2D eigenvalue weighted by atomic mass is 9.85. The van der Waals surface area contributed by atoms with Gasteiger partial charge in [0.2, 0.25) is 6.10 Å². The summed E-state index contributed by atoms with van der Waals surface area (Å²) in [5.41, 5.74) is -0.475. The van der Waals surface area contributed by atoms with Gasteiger partial charge in [-0.1, -0.05) is 6.92 Å². The SMILES string of the molecule is BC(C)C(C)OC1OC1C(=O)OC(C)(C)C. The van der Waals surface area contributed by atoms with Crippen molar-refractivity contribution < 1.29 is 19.0 Å². The molecule has 92 valence electrons. The molecule has 0 amide bonds. The lowest BCUT2D eigenvalue weighted by Gasteiger charge is -2.19. The van der Waals surface area contributed by atoms with Gasteiger partial charge in [-0.3, -0.25) is 0 Å². The molecule has 0 N–H and O–H groups in total. The monoisotopic (exact) mass is 228 g/mol.